The van der Waals surface area contributed by atoms with E-state index in [0.29, 0.717) is 0 Å². The molecule has 0 amide bonds. The van der Waals surface area contributed by atoms with Gasteiger partial charge in [-0.05, 0) is 144 Å². The fourth-order valence-electron chi connectivity index (χ4n) is 3.77. The van der Waals surface area contributed by atoms with Gasteiger partial charge < -0.3 is 0 Å². The van der Waals surface area contributed by atoms with E-state index in [4.69, 9.17) is 0 Å². The van der Waals surface area contributed by atoms with Gasteiger partial charge in [-0.2, -0.15) is 0 Å². The van der Waals surface area contributed by atoms with E-state index in [9.17, 15) is 0 Å². The Bertz CT molecular complexity index is 1070. The van der Waals surface area contributed by atoms with Crippen molar-refractivity contribution in [2.45, 2.75) is 0 Å². The van der Waals surface area contributed by atoms with Gasteiger partial charge >= 0.3 is 0 Å². The third-order valence-electron chi connectivity index (χ3n) is 5.64. The second-order valence-corrected chi connectivity index (χ2v) is 8.38. The molecule has 0 nitrogen and oxygen atoms in total. The van der Waals surface area contributed by atoms with Gasteiger partial charge in [0.25, 0.3) is 0 Å². The Morgan fingerprint density at radius 1 is 0.341 bits per heavy atom. The molecule has 4 fully saturated rings. The van der Waals surface area contributed by atoms with Gasteiger partial charge in [0.1, 0.15) is 0 Å². The molecule has 6 rings (SSSR count). The summed E-state index contributed by atoms with van der Waals surface area (Å²) in [5, 5.41) is 0. The molecule has 0 atom stereocenters. The van der Waals surface area contributed by atoms with Crippen molar-refractivity contribution >= 4 is 11.1 Å². The number of benzene rings is 2. The van der Waals surface area contributed by atoms with E-state index in [1.807, 2.05) is 126 Å². The van der Waals surface area contributed by atoms with Gasteiger partial charge in [0.2, 0.25) is 0 Å². The van der Waals surface area contributed by atoms with E-state index in [1.165, 1.54) is 0 Å². The maximum Gasteiger partial charge on any atom is 0.0216 e. The predicted molar refractivity (Wildman–Crippen MR) is 161 cm³/mol. The van der Waals surface area contributed by atoms with E-state index >= 15 is 0 Å². The molecule has 0 spiro atoms. The fourth-order valence-corrected chi connectivity index (χ4v) is 3.77. The number of hydrogen-bond acceptors (Lipinski definition) is 0. The second-order valence-electron chi connectivity index (χ2n) is 8.38. The molecule has 4 aliphatic rings. The molecule has 0 N–H and O–H groups in total. The minimum Gasteiger partial charge on any atom is -0.0622 e. The average molecular weight is 608 g/mol. The minimum atomic E-state index is 0. The van der Waals surface area contributed by atoms with Gasteiger partial charge in [0, 0.05) is 57.1 Å². The second kappa shape index (κ2) is 21.8. The van der Waals surface area contributed by atoms with Crippen molar-refractivity contribution < 1.29 is 34.1 Å². The normalized spacial score (nSPS) is 17.4. The van der Waals surface area contributed by atoms with Crippen LogP contribution in [0.5, 0.6) is 0 Å². The van der Waals surface area contributed by atoms with E-state index in [2.05, 4.69) is 78.6 Å². The topological polar surface area (TPSA) is 0 Å². The first-order chi connectivity index (χ1) is 19.4. The molecule has 0 bridgehead atoms. The Morgan fingerprint density at radius 2 is 0.634 bits per heavy atom. The summed E-state index contributed by atoms with van der Waals surface area (Å²) in [7, 11) is 0. The monoisotopic (exact) mass is 608 g/mol. The maximum absolute atomic E-state index is 3.23. The Balaban J connectivity index is 0.000000412. The molecule has 41 heavy (non-hydrogen) atoms. The van der Waals surface area contributed by atoms with Gasteiger partial charge in [0.15, 0.2) is 0 Å². The number of hydrogen-bond donors (Lipinski definition) is 0. The molecule has 0 aromatic heterocycles. The molecule has 0 unspecified atom stereocenters. The fraction of sp³-hybridized carbons (Fsp3) is 0. The summed E-state index contributed by atoms with van der Waals surface area (Å²) in [6.45, 7) is 0. The zero-order valence-corrected chi connectivity index (χ0v) is 24.6. The van der Waals surface area contributed by atoms with Crippen molar-refractivity contribution in [1.82, 2.24) is 0 Å². The first kappa shape index (κ1) is 35.3. The van der Waals surface area contributed by atoms with Crippen molar-refractivity contribution in [3.63, 3.8) is 0 Å². The molecule has 2 aromatic carbocycles. The van der Waals surface area contributed by atoms with Crippen molar-refractivity contribution in [2.75, 3.05) is 0 Å². The molecular weight excluding hydrogens is 580 g/mol. The minimum absolute atomic E-state index is 0. The van der Waals surface area contributed by atoms with Gasteiger partial charge in [-0.1, -0.05) is 72.1 Å². The van der Waals surface area contributed by atoms with Crippen molar-refractivity contribution in [3.05, 3.63) is 228 Å². The van der Waals surface area contributed by atoms with Gasteiger partial charge in [-0.25, -0.2) is 0 Å². The number of allylic oxidation sites excluding steroid dienone is 2. The summed E-state index contributed by atoms with van der Waals surface area (Å²) in [5.41, 5.74) is 19.6. The van der Waals surface area contributed by atoms with E-state index in [1.54, 1.807) is 0 Å². The van der Waals surface area contributed by atoms with Crippen LogP contribution in [0.1, 0.15) is 11.1 Å². The molecule has 2 heteroatoms. The quantitative estimate of drug-likeness (QED) is 0.243. The van der Waals surface area contributed by atoms with Crippen LogP contribution in [0.15, 0.2) is 89.3 Å². The Kier molecular flexibility index (Phi) is 18.8. The Hall–Kier alpha value is -1.88. The SMILES string of the molecule is C(=C=C=C([C]1[CH][CH][CH][CH]1)c1ccccc1)=C=C=C([C]1[CH][CH][CH][CH]1)c1ccccc1.[CH]1[CH][CH][CH][CH]1.[CH]1[CH][CH][CH][CH]1.[Fe].[Fe]. The van der Waals surface area contributed by atoms with Crippen LogP contribution in [0.4, 0.5) is 0 Å². The van der Waals surface area contributed by atoms with E-state index in [-0.39, 0.29) is 34.1 Å². The third kappa shape index (κ3) is 12.9. The van der Waals surface area contributed by atoms with Crippen LogP contribution in [-0.2, 0) is 34.1 Å². The molecule has 4 saturated carbocycles. The van der Waals surface area contributed by atoms with E-state index < -0.39 is 0 Å². The summed E-state index contributed by atoms with van der Waals surface area (Å²) in [6.07, 6.45) is 36.4. The van der Waals surface area contributed by atoms with Crippen molar-refractivity contribution in [2.24, 2.45) is 0 Å². The summed E-state index contributed by atoms with van der Waals surface area (Å²) in [5.74, 6) is 2.21. The van der Waals surface area contributed by atoms with Crippen LogP contribution in [0.2, 0.25) is 0 Å². The molecule has 0 aliphatic heterocycles. The molecule has 2 aromatic rings. The Morgan fingerprint density at radius 3 is 0.927 bits per heavy atom. The maximum atomic E-state index is 3.23. The summed E-state index contributed by atoms with van der Waals surface area (Å²) in [4.78, 5) is 0. The van der Waals surface area contributed by atoms with Gasteiger partial charge in [0.05, 0.1) is 0 Å². The molecule has 200 valence electrons. The first-order valence-electron chi connectivity index (χ1n) is 12.8. The standard InChI is InChI=1S/C29H18.2C5H5.2Fe/c1-4-14-24(15-5-1)28(26-18-10-11-19-26)22-8-3-9-23-29(27-20-12-13-21-27)25-16-6-2-7-17-25;2*1-2-4-5-3-1;;/h1-2,4-7,10-21H;2*1-5H;;. The zero-order chi connectivity index (χ0) is 26.8. The molecule has 0 saturated heterocycles. The van der Waals surface area contributed by atoms with Gasteiger partial charge in [-0.3, -0.25) is 0 Å². The van der Waals surface area contributed by atoms with Crippen LogP contribution in [-0.4, -0.2) is 0 Å². The van der Waals surface area contributed by atoms with Crippen LogP contribution in [0.25, 0.3) is 11.1 Å². The molecule has 4 aliphatic carbocycles. The van der Waals surface area contributed by atoms with Crippen LogP contribution in [0, 0.1) is 127 Å². The largest absolute Gasteiger partial charge is 0.0622 e. The van der Waals surface area contributed by atoms with Crippen LogP contribution >= 0.6 is 0 Å². The molecule has 20 radical (unpaired) electrons. The summed E-state index contributed by atoms with van der Waals surface area (Å²) < 4.78 is 0. The van der Waals surface area contributed by atoms with Crippen molar-refractivity contribution in [3.8, 4) is 0 Å². The van der Waals surface area contributed by atoms with Gasteiger partial charge in [-0.15, -0.1) is 0 Å². The van der Waals surface area contributed by atoms with Crippen molar-refractivity contribution in [1.29, 1.82) is 0 Å². The zero-order valence-electron chi connectivity index (χ0n) is 22.4. The Labute approximate surface area is 271 Å². The van der Waals surface area contributed by atoms with Crippen LogP contribution in [0.3, 0.4) is 0 Å². The summed E-state index contributed by atoms with van der Waals surface area (Å²) in [6, 6.07) is 20.4. The smallest absolute Gasteiger partial charge is 0.0216 e. The van der Waals surface area contributed by atoms with Crippen LogP contribution < -0.4 is 0 Å². The molecule has 0 heterocycles. The van der Waals surface area contributed by atoms with E-state index in [0.717, 1.165) is 34.1 Å². The number of rotatable bonds is 4. The predicted octanol–water partition coefficient (Wildman–Crippen LogP) is 8.22. The average Bonchev–Trinajstić information content (AvgIpc) is 3.83. The molecular formula is C39H28Fe2. The first-order valence-corrected chi connectivity index (χ1v) is 12.8. The third-order valence-corrected chi connectivity index (χ3v) is 5.64. The summed E-state index contributed by atoms with van der Waals surface area (Å²) >= 11 is 0.